The van der Waals surface area contributed by atoms with Crippen LogP contribution in [-0.2, 0) is 6.42 Å². The number of carbonyl (C=O) groups is 1. The first-order chi connectivity index (χ1) is 9.16. The van der Waals surface area contributed by atoms with Gasteiger partial charge in [0.2, 0.25) is 0 Å². The Labute approximate surface area is 117 Å². The normalized spacial score (nSPS) is 10.2. The Morgan fingerprint density at radius 2 is 2.32 bits per heavy atom. The van der Waals surface area contributed by atoms with Crippen LogP contribution in [-0.4, -0.2) is 29.5 Å². The molecule has 0 fully saturated rings. The van der Waals surface area contributed by atoms with Gasteiger partial charge in [0.05, 0.1) is 11.9 Å². The highest BCUT2D eigenvalue weighted by molar-refractivity contribution is 7.09. The predicted molar refractivity (Wildman–Crippen MR) is 78.6 cm³/mol. The fraction of sp³-hybridized carbons (Fsp3) is 0.286. The van der Waals surface area contributed by atoms with E-state index in [4.69, 9.17) is 0 Å². The van der Waals surface area contributed by atoms with Crippen LogP contribution in [0.4, 0.5) is 10.5 Å². The van der Waals surface area contributed by atoms with Gasteiger partial charge in [0.15, 0.2) is 0 Å². The number of aryl methyl sites for hydroxylation is 1. The van der Waals surface area contributed by atoms with Gasteiger partial charge in [0, 0.05) is 24.7 Å². The monoisotopic (exact) mass is 275 g/mol. The Morgan fingerprint density at radius 1 is 1.47 bits per heavy atom. The highest BCUT2D eigenvalue weighted by Crippen LogP contribution is 2.13. The van der Waals surface area contributed by atoms with Crippen molar-refractivity contribution in [3.63, 3.8) is 0 Å². The summed E-state index contributed by atoms with van der Waals surface area (Å²) in [4.78, 5) is 19.0. The topological polar surface area (TPSA) is 45.2 Å². The number of nitrogens with one attached hydrogen (secondary N) is 1. The zero-order valence-electron chi connectivity index (χ0n) is 11.1. The van der Waals surface area contributed by atoms with Gasteiger partial charge in [-0.25, -0.2) is 4.79 Å². The second kappa shape index (κ2) is 6.33. The van der Waals surface area contributed by atoms with Crippen molar-refractivity contribution in [1.82, 2.24) is 9.88 Å². The minimum atomic E-state index is -0.104. The van der Waals surface area contributed by atoms with Crippen molar-refractivity contribution < 1.29 is 4.79 Å². The van der Waals surface area contributed by atoms with Gasteiger partial charge in [-0.15, -0.1) is 11.3 Å². The molecule has 1 N–H and O–H groups in total. The highest BCUT2D eigenvalue weighted by atomic mass is 32.1. The molecule has 2 aromatic heterocycles. The number of anilines is 1. The summed E-state index contributed by atoms with van der Waals surface area (Å²) in [7, 11) is 1.80. The van der Waals surface area contributed by atoms with E-state index in [1.165, 1.54) is 4.88 Å². The third-order valence-electron chi connectivity index (χ3n) is 2.90. The third kappa shape index (κ3) is 3.79. The first kappa shape index (κ1) is 13.5. The zero-order valence-corrected chi connectivity index (χ0v) is 11.9. The van der Waals surface area contributed by atoms with Crippen molar-refractivity contribution in [3.05, 3.63) is 46.4 Å². The molecule has 0 radical (unpaired) electrons. The van der Waals surface area contributed by atoms with Crippen molar-refractivity contribution in [2.75, 3.05) is 18.9 Å². The van der Waals surface area contributed by atoms with Gasteiger partial charge in [-0.1, -0.05) is 6.07 Å². The first-order valence-corrected chi connectivity index (χ1v) is 7.00. The summed E-state index contributed by atoms with van der Waals surface area (Å²) in [5.74, 6) is 0. The largest absolute Gasteiger partial charge is 0.327 e. The van der Waals surface area contributed by atoms with Crippen molar-refractivity contribution in [2.45, 2.75) is 13.3 Å². The molecule has 0 aliphatic heterocycles. The van der Waals surface area contributed by atoms with E-state index in [1.807, 2.05) is 19.1 Å². The van der Waals surface area contributed by atoms with Crippen molar-refractivity contribution >= 4 is 23.1 Å². The van der Waals surface area contributed by atoms with Gasteiger partial charge in [-0.2, -0.15) is 0 Å². The Balaban J connectivity index is 1.87. The Hall–Kier alpha value is -1.88. The fourth-order valence-corrected chi connectivity index (χ4v) is 2.34. The molecule has 0 saturated heterocycles. The highest BCUT2D eigenvalue weighted by Gasteiger charge is 2.10. The summed E-state index contributed by atoms with van der Waals surface area (Å²) in [5, 5.41) is 4.92. The van der Waals surface area contributed by atoms with Crippen LogP contribution in [0.2, 0.25) is 0 Å². The summed E-state index contributed by atoms with van der Waals surface area (Å²) < 4.78 is 0. The van der Waals surface area contributed by atoms with E-state index in [0.29, 0.717) is 6.54 Å². The van der Waals surface area contributed by atoms with Crippen LogP contribution in [0.15, 0.2) is 36.0 Å². The van der Waals surface area contributed by atoms with Crippen LogP contribution in [0.5, 0.6) is 0 Å². The molecule has 0 atom stereocenters. The molecule has 0 saturated carbocycles. The maximum Gasteiger partial charge on any atom is 0.321 e. The number of hydrogen-bond donors (Lipinski definition) is 1. The molecule has 0 aliphatic carbocycles. The molecule has 0 bridgehead atoms. The van der Waals surface area contributed by atoms with E-state index in [-0.39, 0.29) is 6.03 Å². The predicted octanol–water partition coefficient (Wildman–Crippen LogP) is 3.16. The third-order valence-corrected chi connectivity index (χ3v) is 3.84. The molecule has 2 aromatic rings. The van der Waals surface area contributed by atoms with Crippen molar-refractivity contribution in [1.29, 1.82) is 0 Å². The second-order valence-electron chi connectivity index (χ2n) is 4.37. The molecule has 19 heavy (non-hydrogen) atoms. The lowest BCUT2D eigenvalue weighted by Gasteiger charge is -2.18. The van der Waals surface area contributed by atoms with Gasteiger partial charge in [0.25, 0.3) is 0 Å². The van der Waals surface area contributed by atoms with Crippen molar-refractivity contribution in [3.8, 4) is 0 Å². The van der Waals surface area contributed by atoms with E-state index in [1.54, 1.807) is 35.7 Å². The van der Waals surface area contributed by atoms with Crippen molar-refractivity contribution in [2.24, 2.45) is 0 Å². The molecule has 0 unspecified atom stereocenters. The number of aromatic nitrogens is 1. The molecule has 2 heterocycles. The maximum absolute atomic E-state index is 12.0. The van der Waals surface area contributed by atoms with Crippen LogP contribution in [0.25, 0.3) is 0 Å². The van der Waals surface area contributed by atoms with E-state index < -0.39 is 0 Å². The molecule has 2 amide bonds. The molecule has 0 spiro atoms. The molecule has 0 aromatic carbocycles. The number of nitrogens with zero attached hydrogens (tertiary/aromatic N) is 2. The standard InChI is InChI=1S/C14H17N3OS/c1-11-5-7-15-10-13(11)16-14(18)17(2)8-6-12-4-3-9-19-12/h3-5,7,9-10H,6,8H2,1-2H3,(H,16,18). The smallest absolute Gasteiger partial charge is 0.321 e. The lowest BCUT2D eigenvalue weighted by atomic mass is 10.2. The SMILES string of the molecule is Cc1ccncc1NC(=O)N(C)CCc1cccs1. The Morgan fingerprint density at radius 3 is 3.00 bits per heavy atom. The Bertz CT molecular complexity index is 539. The number of amides is 2. The summed E-state index contributed by atoms with van der Waals surface area (Å²) >= 11 is 1.71. The summed E-state index contributed by atoms with van der Waals surface area (Å²) in [6.07, 6.45) is 4.26. The van der Waals surface area contributed by atoms with Gasteiger partial charge in [0.1, 0.15) is 0 Å². The molecular formula is C14H17N3OS. The number of rotatable bonds is 4. The minimum Gasteiger partial charge on any atom is -0.327 e. The molecular weight excluding hydrogens is 258 g/mol. The lowest BCUT2D eigenvalue weighted by molar-refractivity contribution is 0.223. The Kier molecular flexibility index (Phi) is 4.52. The summed E-state index contributed by atoms with van der Waals surface area (Å²) in [6, 6.07) is 5.88. The quantitative estimate of drug-likeness (QED) is 0.931. The van der Waals surface area contributed by atoms with Crippen LogP contribution < -0.4 is 5.32 Å². The average Bonchev–Trinajstić information content (AvgIpc) is 2.91. The number of carbonyl (C=O) groups excluding carboxylic acids is 1. The molecule has 5 heteroatoms. The van der Waals surface area contributed by atoms with Crippen LogP contribution in [0, 0.1) is 6.92 Å². The first-order valence-electron chi connectivity index (χ1n) is 6.12. The second-order valence-corrected chi connectivity index (χ2v) is 5.40. The minimum absolute atomic E-state index is 0.104. The number of likely N-dealkylation sites (N-methyl/N-ethyl adjacent to an activating group) is 1. The molecule has 100 valence electrons. The van der Waals surface area contributed by atoms with Gasteiger partial charge in [-0.3, -0.25) is 4.98 Å². The average molecular weight is 275 g/mol. The van der Waals surface area contributed by atoms with Gasteiger partial charge in [-0.05, 0) is 36.4 Å². The van der Waals surface area contributed by atoms with E-state index in [0.717, 1.165) is 17.7 Å². The fourth-order valence-electron chi connectivity index (χ4n) is 1.64. The van der Waals surface area contributed by atoms with Crippen LogP contribution in [0.3, 0.4) is 0 Å². The van der Waals surface area contributed by atoms with Gasteiger partial charge < -0.3 is 10.2 Å². The lowest BCUT2D eigenvalue weighted by Crippen LogP contribution is -2.33. The van der Waals surface area contributed by atoms with Crippen LogP contribution in [0.1, 0.15) is 10.4 Å². The van der Waals surface area contributed by atoms with Crippen LogP contribution >= 0.6 is 11.3 Å². The van der Waals surface area contributed by atoms with E-state index in [2.05, 4.69) is 21.7 Å². The maximum atomic E-state index is 12.0. The summed E-state index contributed by atoms with van der Waals surface area (Å²) in [6.45, 7) is 2.65. The zero-order chi connectivity index (χ0) is 13.7. The summed E-state index contributed by atoms with van der Waals surface area (Å²) in [5.41, 5.74) is 1.77. The molecule has 0 aliphatic rings. The number of thiophene rings is 1. The molecule has 2 rings (SSSR count). The van der Waals surface area contributed by atoms with Gasteiger partial charge >= 0.3 is 6.03 Å². The number of hydrogen-bond acceptors (Lipinski definition) is 3. The number of pyridine rings is 1. The molecule has 4 nitrogen and oxygen atoms in total. The van der Waals surface area contributed by atoms with E-state index in [9.17, 15) is 4.79 Å². The van der Waals surface area contributed by atoms with E-state index >= 15 is 0 Å². The number of urea groups is 1.